The van der Waals surface area contributed by atoms with Crippen LogP contribution in [0, 0.1) is 45.3 Å². The average Bonchev–Trinajstić information content (AvgIpc) is 3.04. The molecule has 35 heavy (non-hydrogen) atoms. The van der Waals surface area contributed by atoms with Gasteiger partial charge in [0.05, 0.1) is 5.92 Å². The van der Waals surface area contributed by atoms with E-state index in [1.165, 1.54) is 39.5 Å². The topological polar surface area (TPSA) is 78.9 Å². The number of ether oxygens (including phenoxy) is 3. The summed E-state index contributed by atoms with van der Waals surface area (Å²) in [4.78, 5) is 37.2. The highest BCUT2D eigenvalue weighted by Gasteiger charge is 2.71. The van der Waals surface area contributed by atoms with E-state index in [0.29, 0.717) is 22.8 Å². The number of fused-ring (bicyclic) bond motifs is 7. The maximum absolute atomic E-state index is 12.8. The largest absolute Gasteiger partial charge is 0.462 e. The number of esters is 3. The second kappa shape index (κ2) is 7.82. The van der Waals surface area contributed by atoms with Gasteiger partial charge in [-0.3, -0.25) is 9.59 Å². The minimum Gasteiger partial charge on any atom is -0.462 e. The first-order valence-corrected chi connectivity index (χ1v) is 13.5. The Bertz CT molecular complexity index is 982. The minimum atomic E-state index is -0.974. The number of cyclic esters (lactones) is 1. The fraction of sp³-hybridized carbons (Fsp3) is 0.828. The van der Waals surface area contributed by atoms with Gasteiger partial charge in [0.2, 0.25) is 0 Å². The first-order chi connectivity index (χ1) is 16.2. The van der Waals surface area contributed by atoms with E-state index >= 15 is 0 Å². The van der Waals surface area contributed by atoms with Crippen LogP contribution in [0.25, 0.3) is 0 Å². The van der Waals surface area contributed by atoms with Gasteiger partial charge in [-0.25, -0.2) is 4.79 Å². The molecule has 9 atom stereocenters. The van der Waals surface area contributed by atoms with Crippen LogP contribution in [-0.2, 0) is 28.6 Å². The summed E-state index contributed by atoms with van der Waals surface area (Å²) >= 11 is 0. The van der Waals surface area contributed by atoms with Crippen LogP contribution >= 0.6 is 0 Å². The first kappa shape index (κ1) is 24.8. The molecule has 5 aliphatic rings. The summed E-state index contributed by atoms with van der Waals surface area (Å²) in [7, 11) is 0. The van der Waals surface area contributed by atoms with Crippen LogP contribution < -0.4 is 0 Å². The van der Waals surface area contributed by atoms with E-state index in [-0.39, 0.29) is 28.8 Å². The Kier molecular flexibility index (Phi) is 5.55. The third kappa shape index (κ3) is 3.37. The van der Waals surface area contributed by atoms with Crippen molar-refractivity contribution in [2.45, 2.75) is 106 Å². The maximum atomic E-state index is 12.8. The van der Waals surface area contributed by atoms with Crippen molar-refractivity contribution in [1.29, 1.82) is 0 Å². The quantitative estimate of drug-likeness (QED) is 0.474. The Morgan fingerprint density at radius 3 is 2.23 bits per heavy atom. The van der Waals surface area contributed by atoms with Crippen molar-refractivity contribution < 1.29 is 28.6 Å². The summed E-state index contributed by atoms with van der Waals surface area (Å²) in [5, 5.41) is 0. The second-order valence-electron chi connectivity index (χ2n) is 13.5. The molecule has 5 rings (SSSR count). The molecule has 1 saturated heterocycles. The van der Waals surface area contributed by atoms with E-state index in [0.717, 1.165) is 19.3 Å². The van der Waals surface area contributed by atoms with Gasteiger partial charge in [0.1, 0.15) is 6.10 Å². The molecule has 6 nitrogen and oxygen atoms in total. The third-order valence-corrected chi connectivity index (χ3v) is 11.4. The van der Waals surface area contributed by atoms with E-state index in [9.17, 15) is 14.4 Å². The fourth-order valence-corrected chi connectivity index (χ4v) is 10.2. The van der Waals surface area contributed by atoms with E-state index in [1.54, 1.807) is 0 Å². The van der Waals surface area contributed by atoms with Gasteiger partial charge in [0.15, 0.2) is 0 Å². The summed E-state index contributed by atoms with van der Waals surface area (Å²) in [5.41, 5.74) is 0.514. The highest BCUT2D eigenvalue weighted by Crippen LogP contribution is 2.74. The molecular formula is C29H42O6. The molecule has 6 heteroatoms. The van der Waals surface area contributed by atoms with Crippen molar-refractivity contribution in [1.82, 2.24) is 0 Å². The van der Waals surface area contributed by atoms with Crippen LogP contribution in [0.3, 0.4) is 0 Å². The van der Waals surface area contributed by atoms with Crippen molar-refractivity contribution >= 4 is 17.9 Å². The number of hydrogen-bond acceptors (Lipinski definition) is 6. The van der Waals surface area contributed by atoms with Crippen molar-refractivity contribution in [3.63, 3.8) is 0 Å². The van der Waals surface area contributed by atoms with Crippen molar-refractivity contribution in [3.8, 4) is 0 Å². The monoisotopic (exact) mass is 486 g/mol. The Hall–Kier alpha value is -1.85. The molecular weight excluding hydrogens is 444 g/mol. The molecule has 4 fully saturated rings. The van der Waals surface area contributed by atoms with E-state index < -0.39 is 29.6 Å². The Labute approximate surface area is 209 Å². The molecule has 0 aromatic rings. The Balaban J connectivity index is 1.63. The maximum Gasteiger partial charge on any atom is 0.337 e. The van der Waals surface area contributed by atoms with Crippen molar-refractivity contribution in [3.05, 3.63) is 11.6 Å². The summed E-state index contributed by atoms with van der Waals surface area (Å²) < 4.78 is 17.3. The number of carbonyl (C=O) groups excluding carboxylic acids is 3. The van der Waals surface area contributed by atoms with Gasteiger partial charge in [0.25, 0.3) is 6.29 Å². The minimum absolute atomic E-state index is 0.0263. The Morgan fingerprint density at radius 2 is 1.57 bits per heavy atom. The lowest BCUT2D eigenvalue weighted by Crippen LogP contribution is -2.67. The lowest BCUT2D eigenvalue weighted by Gasteiger charge is -2.70. The van der Waals surface area contributed by atoms with Crippen LogP contribution in [0.5, 0.6) is 0 Å². The Morgan fingerprint density at radius 1 is 0.914 bits per heavy atom. The molecule has 0 spiro atoms. The second-order valence-corrected chi connectivity index (χ2v) is 13.5. The fourth-order valence-electron chi connectivity index (χ4n) is 10.2. The van der Waals surface area contributed by atoms with Crippen LogP contribution in [0.1, 0.15) is 93.4 Å². The lowest BCUT2D eigenvalue weighted by molar-refractivity contribution is -0.255. The SMILES string of the molecule is CC(=O)O[C@@H]1OC(=O)C2=CC[C@H]3[C@]4(C)CC[C@H]5C(C)(C)CCC[C@]5(C)[C@H]4C[C@@H](OC(C)=O)[C@]3(C)[C@H]21. The van der Waals surface area contributed by atoms with Gasteiger partial charge in [-0.2, -0.15) is 0 Å². The van der Waals surface area contributed by atoms with E-state index in [2.05, 4.69) is 34.6 Å². The van der Waals surface area contributed by atoms with Crippen LogP contribution in [0.4, 0.5) is 0 Å². The van der Waals surface area contributed by atoms with Crippen molar-refractivity contribution in [2.75, 3.05) is 0 Å². The van der Waals surface area contributed by atoms with Crippen LogP contribution in [0.15, 0.2) is 11.6 Å². The molecule has 4 aliphatic carbocycles. The average molecular weight is 487 g/mol. The zero-order valence-electron chi connectivity index (χ0n) is 22.4. The number of rotatable bonds is 2. The molecule has 0 amide bonds. The predicted molar refractivity (Wildman–Crippen MR) is 130 cm³/mol. The molecule has 1 heterocycles. The zero-order chi connectivity index (χ0) is 25.6. The highest BCUT2D eigenvalue weighted by molar-refractivity contribution is 5.92. The zero-order valence-corrected chi connectivity index (χ0v) is 22.4. The van der Waals surface area contributed by atoms with Gasteiger partial charge in [-0.1, -0.05) is 47.1 Å². The van der Waals surface area contributed by atoms with Gasteiger partial charge in [-0.15, -0.1) is 0 Å². The number of carbonyl (C=O) groups is 3. The summed E-state index contributed by atoms with van der Waals surface area (Å²) in [6.07, 6.45) is 8.24. The van der Waals surface area contributed by atoms with E-state index in [4.69, 9.17) is 14.2 Å². The van der Waals surface area contributed by atoms with Gasteiger partial charge in [0, 0.05) is 24.8 Å². The lowest BCUT2D eigenvalue weighted by atomic mass is 9.34. The number of hydrogen-bond donors (Lipinski definition) is 0. The van der Waals surface area contributed by atoms with E-state index in [1.807, 2.05) is 6.08 Å². The smallest absolute Gasteiger partial charge is 0.337 e. The molecule has 0 aromatic heterocycles. The normalized spacial score (nSPS) is 47.7. The first-order valence-electron chi connectivity index (χ1n) is 13.5. The molecule has 194 valence electrons. The number of allylic oxidation sites excluding steroid dienone is 1. The third-order valence-electron chi connectivity index (χ3n) is 11.4. The molecule has 0 unspecified atom stereocenters. The highest BCUT2D eigenvalue weighted by atomic mass is 16.7. The molecule has 0 N–H and O–H groups in total. The van der Waals surface area contributed by atoms with Gasteiger partial charge < -0.3 is 14.2 Å². The molecule has 0 radical (unpaired) electrons. The van der Waals surface area contributed by atoms with Gasteiger partial charge >= 0.3 is 17.9 Å². The van der Waals surface area contributed by atoms with Crippen LogP contribution in [-0.4, -0.2) is 30.3 Å². The molecule has 0 aromatic carbocycles. The summed E-state index contributed by atoms with van der Waals surface area (Å²) in [5.74, 6) is -0.392. The molecule has 3 saturated carbocycles. The summed E-state index contributed by atoms with van der Waals surface area (Å²) in [6, 6.07) is 0. The molecule has 1 aliphatic heterocycles. The van der Waals surface area contributed by atoms with Crippen LogP contribution in [0.2, 0.25) is 0 Å². The van der Waals surface area contributed by atoms with Crippen molar-refractivity contribution in [2.24, 2.45) is 45.3 Å². The predicted octanol–water partition coefficient (Wildman–Crippen LogP) is 5.59. The molecule has 0 bridgehead atoms. The summed E-state index contributed by atoms with van der Waals surface area (Å²) in [6.45, 7) is 14.8. The van der Waals surface area contributed by atoms with Gasteiger partial charge in [-0.05, 0) is 72.5 Å². The standard InChI is InChI=1S/C29H42O6/c1-16(30)33-22-15-21-27(5)13-8-12-26(3,4)19(27)11-14-28(21,6)20-10-9-18-23(29(20,22)7)25(34-17(2)31)35-24(18)32/h9,19-23,25H,8,10-15H2,1-7H3/t19-,20-,21+,22+,23+,25+,27-,28-,29+/m0/s1.